The van der Waals surface area contributed by atoms with Crippen molar-refractivity contribution >= 4 is 11.6 Å². The fraction of sp³-hybridized carbons (Fsp3) is 0.321. The fourth-order valence-electron chi connectivity index (χ4n) is 5.50. The lowest BCUT2D eigenvalue weighted by Gasteiger charge is -2.24. The maximum atomic E-state index is 14.7. The van der Waals surface area contributed by atoms with Crippen molar-refractivity contribution in [1.82, 2.24) is 0 Å². The van der Waals surface area contributed by atoms with Crippen LogP contribution in [0.1, 0.15) is 37.3 Å². The summed E-state index contributed by atoms with van der Waals surface area (Å²) in [5.74, 6) is 1.52. The topological polar surface area (TPSA) is 57.2 Å². The van der Waals surface area contributed by atoms with Crippen LogP contribution in [0.4, 0.5) is 10.1 Å². The number of carbonyl (C=O) groups is 1. The second-order valence-electron chi connectivity index (χ2n) is 9.11. The lowest BCUT2D eigenvalue weighted by Crippen LogP contribution is -2.43. The highest BCUT2D eigenvalue weighted by Crippen LogP contribution is 2.57. The molecule has 180 valence electrons. The molecule has 35 heavy (non-hydrogen) atoms. The van der Waals surface area contributed by atoms with Gasteiger partial charge in [-0.1, -0.05) is 38.0 Å². The highest BCUT2D eigenvalue weighted by molar-refractivity contribution is 6.13. The first kappa shape index (κ1) is 21.8. The fourth-order valence-corrected chi connectivity index (χ4v) is 5.50. The molecule has 0 saturated heterocycles. The molecule has 3 aromatic rings. The Hall–Kier alpha value is -3.74. The number of hydrogen-bond acceptors (Lipinski definition) is 5. The van der Waals surface area contributed by atoms with Crippen molar-refractivity contribution in [3.8, 4) is 34.1 Å². The van der Waals surface area contributed by atoms with Crippen LogP contribution >= 0.6 is 0 Å². The maximum Gasteiger partial charge on any atom is 0.245 e. The molecule has 1 amide bonds. The Bertz CT molecular complexity index is 1340. The summed E-state index contributed by atoms with van der Waals surface area (Å²) in [6, 6.07) is 14.4. The van der Waals surface area contributed by atoms with Crippen molar-refractivity contribution in [3.63, 3.8) is 0 Å². The van der Waals surface area contributed by atoms with Crippen LogP contribution in [0.15, 0.2) is 48.5 Å². The number of rotatable bonds is 6. The predicted molar refractivity (Wildman–Crippen MR) is 129 cm³/mol. The molecular weight excluding hydrogens is 449 g/mol. The molecule has 3 aromatic carbocycles. The average Bonchev–Trinajstić information content (AvgIpc) is 3.54. The van der Waals surface area contributed by atoms with E-state index in [2.05, 4.69) is 6.92 Å². The number of carbonyl (C=O) groups excluding carboxylic acids is 1. The largest absolute Gasteiger partial charge is 0.494 e. The number of hydrogen-bond donors (Lipinski definition) is 0. The summed E-state index contributed by atoms with van der Waals surface area (Å²) in [5, 5.41) is 0. The van der Waals surface area contributed by atoms with E-state index in [1.165, 1.54) is 13.2 Å². The van der Waals surface area contributed by atoms with Gasteiger partial charge in [0.2, 0.25) is 12.7 Å². The number of methoxy groups -OCH3 is 1. The summed E-state index contributed by atoms with van der Waals surface area (Å²) >= 11 is 0. The number of nitrogens with zero attached hydrogens (tertiary/aromatic N) is 1. The molecule has 1 spiro atoms. The van der Waals surface area contributed by atoms with Crippen molar-refractivity contribution < 1.29 is 28.1 Å². The molecule has 0 aliphatic carbocycles. The molecule has 0 saturated carbocycles. The molecule has 6 rings (SSSR count). The zero-order chi connectivity index (χ0) is 24.2. The van der Waals surface area contributed by atoms with E-state index in [-0.39, 0.29) is 25.1 Å². The standard InChI is InChI=1S/C28H26FNO5/c1-3-4-5-11-30-21-8-6-7-18(17-9-10-22(32-2)20(29)12-17)26(21)28(27(30)31)15-33-23-14-25-24(13-19(23)28)34-16-35-25/h6-10,12-14H,3-5,11,15-16H2,1-2H3. The number of amides is 1. The van der Waals surface area contributed by atoms with E-state index in [9.17, 15) is 9.18 Å². The van der Waals surface area contributed by atoms with Crippen molar-refractivity contribution in [2.24, 2.45) is 0 Å². The van der Waals surface area contributed by atoms with E-state index in [1.54, 1.807) is 12.1 Å². The van der Waals surface area contributed by atoms with Crippen molar-refractivity contribution in [2.45, 2.75) is 31.6 Å². The van der Waals surface area contributed by atoms with Gasteiger partial charge in [-0.15, -0.1) is 0 Å². The third-order valence-corrected chi connectivity index (χ3v) is 7.20. The number of benzene rings is 3. The van der Waals surface area contributed by atoms with Crippen LogP contribution in [0, 0.1) is 5.82 Å². The first-order valence-electron chi connectivity index (χ1n) is 11.9. The number of unbranched alkanes of at least 4 members (excludes halogenated alkanes) is 2. The van der Waals surface area contributed by atoms with E-state index < -0.39 is 11.2 Å². The minimum Gasteiger partial charge on any atom is -0.494 e. The lowest BCUT2D eigenvalue weighted by molar-refractivity contribution is -0.122. The molecule has 1 unspecified atom stereocenters. The van der Waals surface area contributed by atoms with Gasteiger partial charge in [-0.05, 0) is 41.8 Å². The highest BCUT2D eigenvalue weighted by atomic mass is 19.1. The summed E-state index contributed by atoms with van der Waals surface area (Å²) < 4.78 is 37.2. The van der Waals surface area contributed by atoms with Gasteiger partial charge in [0, 0.05) is 29.4 Å². The molecule has 3 heterocycles. The van der Waals surface area contributed by atoms with Crippen LogP contribution in [-0.4, -0.2) is 33.0 Å². The Labute approximate surface area is 203 Å². The van der Waals surface area contributed by atoms with Gasteiger partial charge in [-0.25, -0.2) is 4.39 Å². The van der Waals surface area contributed by atoms with Crippen molar-refractivity contribution in [1.29, 1.82) is 0 Å². The molecule has 0 fully saturated rings. The van der Waals surface area contributed by atoms with Crippen LogP contribution < -0.4 is 23.8 Å². The molecule has 0 bridgehead atoms. The Morgan fingerprint density at radius 2 is 1.86 bits per heavy atom. The smallest absolute Gasteiger partial charge is 0.245 e. The van der Waals surface area contributed by atoms with Crippen molar-refractivity contribution in [2.75, 3.05) is 32.0 Å². The van der Waals surface area contributed by atoms with Crippen LogP contribution in [0.25, 0.3) is 11.1 Å². The van der Waals surface area contributed by atoms with Gasteiger partial charge in [0.1, 0.15) is 17.8 Å². The minimum absolute atomic E-state index is 0.0253. The third-order valence-electron chi connectivity index (χ3n) is 7.20. The van der Waals surface area contributed by atoms with Crippen LogP contribution in [0.5, 0.6) is 23.0 Å². The van der Waals surface area contributed by atoms with Crippen LogP contribution in [0.2, 0.25) is 0 Å². The highest BCUT2D eigenvalue weighted by Gasteiger charge is 2.58. The zero-order valence-electron chi connectivity index (χ0n) is 19.7. The van der Waals surface area contributed by atoms with Gasteiger partial charge in [0.25, 0.3) is 0 Å². The van der Waals surface area contributed by atoms with Crippen LogP contribution in [-0.2, 0) is 10.2 Å². The molecule has 6 nitrogen and oxygen atoms in total. The van der Waals surface area contributed by atoms with Gasteiger partial charge in [-0.2, -0.15) is 0 Å². The number of anilines is 1. The number of halogens is 1. The summed E-state index contributed by atoms with van der Waals surface area (Å²) in [7, 11) is 1.44. The molecule has 0 N–H and O–H groups in total. The molecule has 3 aliphatic rings. The quantitative estimate of drug-likeness (QED) is 0.444. The molecule has 1 atom stereocenters. The molecule has 7 heteroatoms. The zero-order valence-corrected chi connectivity index (χ0v) is 19.7. The monoisotopic (exact) mass is 475 g/mol. The Balaban J connectivity index is 1.57. The van der Waals surface area contributed by atoms with Crippen molar-refractivity contribution in [3.05, 3.63) is 65.5 Å². The second kappa shape index (κ2) is 8.18. The predicted octanol–water partition coefficient (Wildman–Crippen LogP) is 5.45. The summed E-state index contributed by atoms with van der Waals surface area (Å²) in [6.45, 7) is 3.05. The Kier molecular flexibility index (Phi) is 5.09. The van der Waals surface area contributed by atoms with E-state index >= 15 is 0 Å². The Morgan fingerprint density at radius 3 is 2.63 bits per heavy atom. The lowest BCUT2D eigenvalue weighted by atomic mass is 9.74. The van der Waals surface area contributed by atoms with Gasteiger partial charge in [-0.3, -0.25) is 4.79 Å². The van der Waals surface area contributed by atoms with Gasteiger partial charge in [0.05, 0.1) is 7.11 Å². The molecule has 0 aromatic heterocycles. The first-order valence-corrected chi connectivity index (χ1v) is 11.9. The first-order chi connectivity index (χ1) is 17.1. The average molecular weight is 476 g/mol. The summed E-state index contributed by atoms with van der Waals surface area (Å²) in [5.41, 5.74) is 2.86. The number of ether oxygens (including phenoxy) is 4. The maximum absolute atomic E-state index is 14.7. The normalized spacial score (nSPS) is 19.2. The summed E-state index contributed by atoms with van der Waals surface area (Å²) in [4.78, 5) is 16.1. The molecule has 3 aliphatic heterocycles. The van der Waals surface area contributed by atoms with E-state index in [0.29, 0.717) is 29.4 Å². The minimum atomic E-state index is -1.05. The molecular formula is C28H26FNO5. The third kappa shape index (κ3) is 3.10. The number of fused-ring (bicyclic) bond motifs is 5. The Morgan fingerprint density at radius 1 is 1.03 bits per heavy atom. The SMILES string of the molecule is CCCCCN1C(=O)C2(COc3cc4c(cc32)OCO4)c2c(-c3ccc(OC)c(F)c3)cccc21. The van der Waals surface area contributed by atoms with E-state index in [1.807, 2.05) is 35.2 Å². The van der Waals surface area contributed by atoms with E-state index in [0.717, 1.165) is 41.6 Å². The van der Waals surface area contributed by atoms with Gasteiger partial charge in [0.15, 0.2) is 23.1 Å². The van der Waals surface area contributed by atoms with Gasteiger partial charge >= 0.3 is 0 Å². The second-order valence-corrected chi connectivity index (χ2v) is 9.11. The van der Waals surface area contributed by atoms with Gasteiger partial charge < -0.3 is 23.8 Å². The van der Waals surface area contributed by atoms with E-state index in [4.69, 9.17) is 18.9 Å². The summed E-state index contributed by atoms with van der Waals surface area (Å²) in [6.07, 6.45) is 2.98. The molecule has 0 radical (unpaired) electrons. The van der Waals surface area contributed by atoms with Crippen LogP contribution in [0.3, 0.4) is 0 Å².